The molecule has 1 amide bonds. The van der Waals surface area contributed by atoms with E-state index in [1.54, 1.807) is 6.20 Å². The van der Waals surface area contributed by atoms with Gasteiger partial charge in [0.1, 0.15) is 0 Å². The minimum atomic E-state index is -0.0194. The molecule has 0 fully saturated rings. The van der Waals surface area contributed by atoms with Gasteiger partial charge in [-0.15, -0.1) is 11.3 Å². The average molecular weight is 279 g/mol. The molecule has 2 heterocycles. The number of aromatic nitrogens is 2. The summed E-state index contributed by atoms with van der Waals surface area (Å²) in [6.07, 6.45) is 2.07. The third-order valence-corrected chi connectivity index (χ3v) is 3.77. The second kappa shape index (κ2) is 5.88. The highest BCUT2D eigenvalue weighted by atomic mass is 32.1. The Kier molecular flexibility index (Phi) is 4.22. The van der Waals surface area contributed by atoms with Gasteiger partial charge in [0.15, 0.2) is 3.95 Å². The van der Waals surface area contributed by atoms with Crippen molar-refractivity contribution < 1.29 is 4.79 Å². The number of hydrogen-bond acceptors (Lipinski definition) is 4. The van der Waals surface area contributed by atoms with E-state index < -0.39 is 0 Å². The first-order chi connectivity index (χ1) is 8.65. The van der Waals surface area contributed by atoms with Gasteiger partial charge in [-0.05, 0) is 31.3 Å². The van der Waals surface area contributed by atoms with Gasteiger partial charge in [-0.1, -0.05) is 6.07 Å². The number of pyridine rings is 1. The zero-order chi connectivity index (χ0) is 13.0. The Labute approximate surface area is 114 Å². The van der Waals surface area contributed by atoms with E-state index >= 15 is 0 Å². The van der Waals surface area contributed by atoms with E-state index in [0.29, 0.717) is 16.9 Å². The molecular formula is C12H13N3OS2. The molecule has 2 aromatic rings. The maximum atomic E-state index is 11.8. The quantitative estimate of drug-likeness (QED) is 0.845. The topological polar surface area (TPSA) is 57.8 Å². The van der Waals surface area contributed by atoms with E-state index in [1.165, 1.54) is 11.3 Å². The Hall–Kier alpha value is -1.53. The number of aryl methyl sites for hydroxylation is 1. The van der Waals surface area contributed by atoms with Crippen LogP contribution in [0.15, 0.2) is 24.4 Å². The molecule has 0 aromatic carbocycles. The Morgan fingerprint density at radius 2 is 2.39 bits per heavy atom. The van der Waals surface area contributed by atoms with Crippen molar-refractivity contribution in [2.75, 3.05) is 0 Å². The monoisotopic (exact) mass is 279 g/mol. The number of nitrogens with one attached hydrogen (secondary N) is 2. The van der Waals surface area contributed by atoms with E-state index in [0.717, 1.165) is 16.3 Å². The van der Waals surface area contributed by atoms with E-state index in [2.05, 4.69) is 15.3 Å². The molecule has 4 nitrogen and oxygen atoms in total. The first-order valence-electron chi connectivity index (χ1n) is 5.50. The summed E-state index contributed by atoms with van der Waals surface area (Å²) < 4.78 is 0.708. The number of thiazole rings is 1. The number of aromatic amines is 1. The lowest BCUT2D eigenvalue weighted by atomic mass is 10.3. The largest absolute Gasteiger partial charge is 0.350 e. The van der Waals surface area contributed by atoms with E-state index in [1.807, 2.05) is 25.1 Å². The molecule has 0 aliphatic heterocycles. The van der Waals surface area contributed by atoms with Crippen molar-refractivity contribution in [1.82, 2.24) is 15.3 Å². The van der Waals surface area contributed by atoms with Crippen molar-refractivity contribution >= 4 is 29.5 Å². The van der Waals surface area contributed by atoms with Gasteiger partial charge in [-0.25, -0.2) is 0 Å². The second-order valence-electron chi connectivity index (χ2n) is 3.84. The number of rotatable bonds is 4. The fraction of sp³-hybridized carbons (Fsp3) is 0.250. The van der Waals surface area contributed by atoms with Crippen LogP contribution in [-0.2, 0) is 17.8 Å². The summed E-state index contributed by atoms with van der Waals surface area (Å²) in [5.74, 6) is -0.0194. The van der Waals surface area contributed by atoms with E-state index in [4.69, 9.17) is 12.2 Å². The highest BCUT2D eigenvalue weighted by Gasteiger charge is 2.08. The maximum absolute atomic E-state index is 11.8. The first-order valence-corrected chi connectivity index (χ1v) is 6.73. The second-order valence-corrected chi connectivity index (χ2v) is 5.61. The van der Waals surface area contributed by atoms with Crippen LogP contribution in [0.5, 0.6) is 0 Å². The molecule has 0 aliphatic carbocycles. The van der Waals surface area contributed by atoms with Gasteiger partial charge >= 0.3 is 0 Å². The van der Waals surface area contributed by atoms with E-state index in [-0.39, 0.29) is 5.91 Å². The summed E-state index contributed by atoms with van der Waals surface area (Å²) in [5.41, 5.74) is 1.82. The van der Waals surface area contributed by atoms with Crippen molar-refractivity contribution in [3.05, 3.63) is 44.6 Å². The van der Waals surface area contributed by atoms with Crippen LogP contribution in [-0.4, -0.2) is 15.9 Å². The fourth-order valence-corrected chi connectivity index (χ4v) is 2.80. The molecule has 2 aromatic heterocycles. The van der Waals surface area contributed by atoms with Gasteiger partial charge in [0.05, 0.1) is 18.7 Å². The van der Waals surface area contributed by atoms with Gasteiger partial charge in [-0.3, -0.25) is 9.78 Å². The number of H-pyrrole nitrogens is 1. The number of amides is 1. The Bertz CT molecular complexity index is 589. The molecule has 94 valence electrons. The molecule has 0 bridgehead atoms. The Morgan fingerprint density at radius 3 is 3.00 bits per heavy atom. The number of nitrogens with zero attached hydrogens (tertiary/aromatic N) is 1. The van der Waals surface area contributed by atoms with Gasteiger partial charge in [0.25, 0.3) is 0 Å². The van der Waals surface area contributed by atoms with Crippen LogP contribution in [0.4, 0.5) is 0 Å². The van der Waals surface area contributed by atoms with Crippen molar-refractivity contribution in [3.8, 4) is 0 Å². The van der Waals surface area contributed by atoms with Crippen LogP contribution >= 0.6 is 23.6 Å². The summed E-state index contributed by atoms with van der Waals surface area (Å²) in [6.45, 7) is 2.38. The molecule has 0 radical (unpaired) electrons. The lowest BCUT2D eigenvalue weighted by Gasteiger charge is -2.03. The molecule has 6 heteroatoms. The van der Waals surface area contributed by atoms with Crippen LogP contribution in [0, 0.1) is 10.9 Å². The summed E-state index contributed by atoms with van der Waals surface area (Å²) in [4.78, 5) is 19.9. The summed E-state index contributed by atoms with van der Waals surface area (Å²) in [7, 11) is 0. The minimum Gasteiger partial charge on any atom is -0.350 e. The standard InChI is InChI=1S/C12H13N3OS2/c1-8-10(18-12(17)15-8)6-11(16)14-7-9-4-2-3-5-13-9/h2-5H,6-7H2,1H3,(H,14,16)(H,15,17). The summed E-state index contributed by atoms with van der Waals surface area (Å²) in [5, 5.41) is 2.84. The van der Waals surface area contributed by atoms with Crippen LogP contribution in [0.3, 0.4) is 0 Å². The van der Waals surface area contributed by atoms with E-state index in [9.17, 15) is 4.79 Å². The lowest BCUT2D eigenvalue weighted by Crippen LogP contribution is -2.24. The number of carbonyl (C=O) groups excluding carboxylic acids is 1. The number of carbonyl (C=O) groups is 1. The summed E-state index contributed by atoms with van der Waals surface area (Å²) in [6, 6.07) is 5.63. The molecule has 18 heavy (non-hydrogen) atoms. The zero-order valence-corrected chi connectivity index (χ0v) is 11.5. The smallest absolute Gasteiger partial charge is 0.225 e. The third kappa shape index (κ3) is 3.48. The van der Waals surface area contributed by atoms with Crippen molar-refractivity contribution in [1.29, 1.82) is 0 Å². The fourth-order valence-electron chi connectivity index (χ4n) is 1.51. The van der Waals surface area contributed by atoms with Crippen molar-refractivity contribution in [2.24, 2.45) is 0 Å². The van der Waals surface area contributed by atoms with Crippen LogP contribution in [0.1, 0.15) is 16.3 Å². The van der Waals surface area contributed by atoms with Gasteiger partial charge in [-0.2, -0.15) is 0 Å². The average Bonchev–Trinajstić information content (AvgIpc) is 2.67. The summed E-state index contributed by atoms with van der Waals surface area (Å²) >= 11 is 6.48. The van der Waals surface area contributed by atoms with Gasteiger partial charge in [0.2, 0.25) is 5.91 Å². The van der Waals surface area contributed by atoms with Crippen LogP contribution in [0.2, 0.25) is 0 Å². The molecule has 0 unspecified atom stereocenters. The molecule has 0 aliphatic rings. The molecule has 0 spiro atoms. The molecule has 0 atom stereocenters. The lowest BCUT2D eigenvalue weighted by molar-refractivity contribution is -0.120. The van der Waals surface area contributed by atoms with Crippen LogP contribution in [0.25, 0.3) is 0 Å². The van der Waals surface area contributed by atoms with Gasteiger partial charge < -0.3 is 10.3 Å². The Morgan fingerprint density at radius 1 is 1.56 bits per heavy atom. The van der Waals surface area contributed by atoms with Crippen LogP contribution < -0.4 is 5.32 Å². The first kappa shape index (κ1) is 12.9. The van der Waals surface area contributed by atoms with Crippen molar-refractivity contribution in [3.63, 3.8) is 0 Å². The third-order valence-electron chi connectivity index (χ3n) is 2.44. The molecule has 0 saturated heterocycles. The zero-order valence-electron chi connectivity index (χ0n) is 9.90. The SMILES string of the molecule is Cc1[nH]c(=S)sc1CC(=O)NCc1ccccn1. The number of hydrogen-bond donors (Lipinski definition) is 2. The predicted octanol–water partition coefficient (Wildman–Crippen LogP) is 2.37. The normalized spacial score (nSPS) is 10.3. The molecule has 2 N–H and O–H groups in total. The molecule has 2 rings (SSSR count). The highest BCUT2D eigenvalue weighted by molar-refractivity contribution is 7.73. The highest BCUT2D eigenvalue weighted by Crippen LogP contribution is 2.14. The van der Waals surface area contributed by atoms with Gasteiger partial charge in [0, 0.05) is 16.8 Å². The minimum absolute atomic E-state index is 0.0194. The Balaban J connectivity index is 1.90. The van der Waals surface area contributed by atoms with Crippen molar-refractivity contribution in [2.45, 2.75) is 19.9 Å². The maximum Gasteiger partial charge on any atom is 0.225 e. The molecule has 0 saturated carbocycles. The predicted molar refractivity (Wildman–Crippen MR) is 74.0 cm³/mol. The molecular weight excluding hydrogens is 266 g/mol.